The molecule has 2 N–H and O–H groups in total. The van der Waals surface area contributed by atoms with Gasteiger partial charge in [0.05, 0.1) is 6.10 Å². The summed E-state index contributed by atoms with van der Waals surface area (Å²) in [6.07, 6.45) is 2.15. The summed E-state index contributed by atoms with van der Waals surface area (Å²) in [6, 6.07) is 14.0. The van der Waals surface area contributed by atoms with Crippen LogP contribution in [-0.4, -0.2) is 31.7 Å². The third-order valence-corrected chi connectivity index (χ3v) is 3.77. The summed E-state index contributed by atoms with van der Waals surface area (Å²) in [7, 11) is 0. The number of hydrogen-bond acceptors (Lipinski definition) is 3. The Bertz CT molecular complexity index is 621. The molecule has 1 saturated heterocycles. The number of hydrogen-bond donors (Lipinski definition) is 2. The van der Waals surface area contributed by atoms with Gasteiger partial charge in [0.25, 0.3) is 0 Å². The maximum Gasteiger partial charge on any atom is 0.250 e. The maximum atomic E-state index is 11.9. The number of carbonyl (C=O) groups excluding carboxylic acids is 1. The molecule has 4 nitrogen and oxygen atoms in total. The minimum Gasteiger partial charge on any atom is -0.368 e. The Morgan fingerprint density at radius 1 is 1.14 bits per heavy atom. The Balaban J connectivity index is 1.55. The first-order chi connectivity index (χ1) is 10.3. The van der Waals surface area contributed by atoms with E-state index >= 15 is 0 Å². The number of nitrogens with one attached hydrogen (secondary N) is 2. The highest BCUT2D eigenvalue weighted by Crippen LogP contribution is 2.18. The van der Waals surface area contributed by atoms with E-state index in [9.17, 15) is 4.79 Å². The van der Waals surface area contributed by atoms with Gasteiger partial charge < -0.3 is 15.4 Å². The largest absolute Gasteiger partial charge is 0.368 e. The molecule has 2 aromatic carbocycles. The smallest absolute Gasteiger partial charge is 0.250 e. The zero-order valence-corrected chi connectivity index (χ0v) is 12.0. The van der Waals surface area contributed by atoms with Crippen LogP contribution in [0.15, 0.2) is 42.5 Å². The van der Waals surface area contributed by atoms with E-state index in [0.29, 0.717) is 0 Å². The normalized spacial score (nSPS) is 16.0. The summed E-state index contributed by atoms with van der Waals surface area (Å²) in [6.45, 7) is 2.06. The summed E-state index contributed by atoms with van der Waals surface area (Å²) in [5.41, 5.74) is 0.813. The van der Waals surface area contributed by atoms with Crippen LogP contribution in [0.2, 0.25) is 0 Å². The molecule has 0 spiro atoms. The molecule has 110 valence electrons. The van der Waals surface area contributed by atoms with Crippen molar-refractivity contribution in [1.29, 1.82) is 0 Å². The highest BCUT2D eigenvalue weighted by molar-refractivity contribution is 5.95. The highest BCUT2D eigenvalue weighted by atomic mass is 16.5. The molecule has 1 fully saturated rings. The van der Waals surface area contributed by atoms with E-state index in [0.717, 1.165) is 37.0 Å². The average molecular weight is 284 g/mol. The summed E-state index contributed by atoms with van der Waals surface area (Å²) in [4.78, 5) is 11.9. The first-order valence-electron chi connectivity index (χ1n) is 7.42. The topological polar surface area (TPSA) is 50.4 Å². The molecule has 1 heterocycles. The molecule has 4 heteroatoms. The van der Waals surface area contributed by atoms with Crippen LogP contribution in [-0.2, 0) is 9.53 Å². The number of amides is 1. The lowest BCUT2D eigenvalue weighted by Crippen LogP contribution is -2.34. The van der Waals surface area contributed by atoms with Gasteiger partial charge in [-0.3, -0.25) is 4.79 Å². The van der Waals surface area contributed by atoms with Crippen LogP contribution >= 0.6 is 0 Å². The highest BCUT2D eigenvalue weighted by Gasteiger charge is 2.14. The Hall–Kier alpha value is -1.91. The van der Waals surface area contributed by atoms with Crippen molar-refractivity contribution in [3.63, 3.8) is 0 Å². The molecule has 1 aliphatic rings. The van der Waals surface area contributed by atoms with Crippen molar-refractivity contribution in [3.8, 4) is 0 Å². The Morgan fingerprint density at radius 3 is 2.71 bits per heavy atom. The van der Waals surface area contributed by atoms with E-state index in [4.69, 9.17) is 4.74 Å². The van der Waals surface area contributed by atoms with E-state index in [1.165, 1.54) is 5.39 Å². The van der Waals surface area contributed by atoms with Gasteiger partial charge in [0.2, 0.25) is 5.91 Å². The van der Waals surface area contributed by atoms with Gasteiger partial charge in [0, 0.05) is 5.69 Å². The van der Waals surface area contributed by atoms with Crippen molar-refractivity contribution in [2.45, 2.75) is 18.9 Å². The molecule has 0 atom stereocenters. The van der Waals surface area contributed by atoms with Crippen LogP contribution in [0, 0.1) is 0 Å². The van der Waals surface area contributed by atoms with Gasteiger partial charge in [-0.05, 0) is 48.8 Å². The van der Waals surface area contributed by atoms with E-state index in [1.54, 1.807) is 0 Å². The molecule has 0 unspecified atom stereocenters. The molecule has 0 aliphatic carbocycles. The van der Waals surface area contributed by atoms with Gasteiger partial charge in [0.15, 0.2) is 0 Å². The third kappa shape index (κ3) is 3.80. The third-order valence-electron chi connectivity index (χ3n) is 3.77. The zero-order chi connectivity index (χ0) is 14.5. The lowest BCUT2D eigenvalue weighted by atomic mass is 10.1. The van der Waals surface area contributed by atoms with Crippen LogP contribution in [0.25, 0.3) is 10.8 Å². The van der Waals surface area contributed by atoms with Crippen molar-refractivity contribution in [1.82, 2.24) is 5.32 Å². The molecular weight excluding hydrogens is 264 g/mol. The lowest BCUT2D eigenvalue weighted by Gasteiger charge is -2.22. The number of anilines is 1. The van der Waals surface area contributed by atoms with Gasteiger partial charge in [-0.2, -0.15) is 0 Å². The number of rotatable bonds is 4. The van der Waals surface area contributed by atoms with Gasteiger partial charge in [0.1, 0.15) is 6.61 Å². The molecule has 21 heavy (non-hydrogen) atoms. The number of carbonyl (C=O) groups is 1. The van der Waals surface area contributed by atoms with E-state index < -0.39 is 0 Å². The van der Waals surface area contributed by atoms with Crippen LogP contribution < -0.4 is 10.6 Å². The number of ether oxygens (including phenoxy) is 1. The molecule has 0 bridgehead atoms. The number of piperidine rings is 1. The molecule has 2 aromatic rings. The predicted molar refractivity (Wildman–Crippen MR) is 84.4 cm³/mol. The summed E-state index contributed by atoms with van der Waals surface area (Å²) in [5.74, 6) is -0.0937. The van der Waals surface area contributed by atoms with Crippen molar-refractivity contribution in [2.24, 2.45) is 0 Å². The van der Waals surface area contributed by atoms with Crippen LogP contribution in [0.5, 0.6) is 0 Å². The quantitative estimate of drug-likeness (QED) is 0.907. The number of fused-ring (bicyclic) bond motifs is 1. The summed E-state index contributed by atoms with van der Waals surface area (Å²) >= 11 is 0. The molecule has 1 amide bonds. The van der Waals surface area contributed by atoms with E-state index in [2.05, 4.69) is 16.7 Å². The molecule has 3 rings (SSSR count). The van der Waals surface area contributed by atoms with Crippen molar-refractivity contribution in [3.05, 3.63) is 42.5 Å². The molecule has 0 aromatic heterocycles. The zero-order valence-electron chi connectivity index (χ0n) is 12.0. The summed E-state index contributed by atoms with van der Waals surface area (Å²) < 4.78 is 5.65. The Morgan fingerprint density at radius 2 is 1.90 bits per heavy atom. The molecule has 0 radical (unpaired) electrons. The van der Waals surface area contributed by atoms with Crippen molar-refractivity contribution in [2.75, 3.05) is 25.0 Å². The molecule has 0 saturated carbocycles. The monoisotopic (exact) mass is 284 g/mol. The first-order valence-corrected chi connectivity index (χ1v) is 7.42. The van der Waals surface area contributed by atoms with Gasteiger partial charge >= 0.3 is 0 Å². The Kier molecular flexibility index (Phi) is 4.48. The number of benzene rings is 2. The molecule has 1 aliphatic heterocycles. The van der Waals surface area contributed by atoms with Crippen LogP contribution in [0.1, 0.15) is 12.8 Å². The van der Waals surface area contributed by atoms with E-state index in [-0.39, 0.29) is 18.6 Å². The first kappa shape index (κ1) is 14.0. The standard InChI is InChI=1S/C17H20N2O2/c20-17(12-21-16-7-9-18-10-8-16)19-15-6-5-13-3-1-2-4-14(13)11-15/h1-6,11,16,18H,7-10,12H2,(H,19,20). The van der Waals surface area contributed by atoms with Crippen molar-refractivity contribution >= 4 is 22.4 Å². The van der Waals surface area contributed by atoms with Crippen molar-refractivity contribution < 1.29 is 9.53 Å². The van der Waals surface area contributed by atoms with Crippen LogP contribution in [0.3, 0.4) is 0 Å². The van der Waals surface area contributed by atoms with Gasteiger partial charge in [-0.25, -0.2) is 0 Å². The average Bonchev–Trinajstić information content (AvgIpc) is 2.54. The fraction of sp³-hybridized carbons (Fsp3) is 0.353. The van der Waals surface area contributed by atoms with Gasteiger partial charge in [-0.15, -0.1) is 0 Å². The minimum atomic E-state index is -0.0937. The lowest BCUT2D eigenvalue weighted by molar-refractivity contribution is -0.123. The fourth-order valence-electron chi connectivity index (χ4n) is 2.62. The van der Waals surface area contributed by atoms with E-state index in [1.807, 2.05) is 36.4 Å². The second-order valence-electron chi connectivity index (χ2n) is 5.37. The second kappa shape index (κ2) is 6.70. The summed E-state index contributed by atoms with van der Waals surface area (Å²) in [5, 5.41) is 8.46. The minimum absolute atomic E-state index is 0.0937. The predicted octanol–water partition coefficient (Wildman–Crippen LogP) is 2.55. The van der Waals surface area contributed by atoms with Crippen LogP contribution in [0.4, 0.5) is 5.69 Å². The SMILES string of the molecule is O=C(COC1CCNCC1)Nc1ccc2ccccc2c1. The fourth-order valence-corrected chi connectivity index (χ4v) is 2.62. The van der Waals surface area contributed by atoms with Gasteiger partial charge in [-0.1, -0.05) is 30.3 Å². The Labute approximate surface area is 124 Å². The second-order valence-corrected chi connectivity index (χ2v) is 5.37. The maximum absolute atomic E-state index is 11.9. The molecular formula is C17H20N2O2.